The molecule has 90 valence electrons. The van der Waals surface area contributed by atoms with E-state index < -0.39 is 0 Å². The van der Waals surface area contributed by atoms with E-state index in [1.165, 1.54) is 0 Å². The third-order valence-electron chi connectivity index (χ3n) is 2.42. The fourth-order valence-corrected chi connectivity index (χ4v) is 1.50. The third-order valence-corrected chi connectivity index (χ3v) is 2.42. The van der Waals surface area contributed by atoms with Gasteiger partial charge in [0.25, 0.3) is 0 Å². The Balaban J connectivity index is 1.82. The maximum atomic E-state index is 5.23. The van der Waals surface area contributed by atoms with Crippen molar-refractivity contribution in [1.82, 2.24) is 15.3 Å². The fourth-order valence-electron chi connectivity index (χ4n) is 1.50. The van der Waals surface area contributed by atoms with Gasteiger partial charge in [-0.1, -0.05) is 5.10 Å². The molecule has 0 aliphatic carbocycles. The predicted molar refractivity (Wildman–Crippen MR) is 64.1 cm³/mol. The van der Waals surface area contributed by atoms with Crippen LogP contribution in [0.5, 0.6) is 0 Å². The van der Waals surface area contributed by atoms with Crippen LogP contribution in [0.4, 0.5) is 5.82 Å². The van der Waals surface area contributed by atoms with Crippen molar-refractivity contribution in [2.45, 2.75) is 6.92 Å². The zero-order chi connectivity index (χ0) is 12.4. The van der Waals surface area contributed by atoms with Crippen molar-refractivity contribution in [3.8, 4) is 0 Å². The standard InChI is InChI=1S/C11H10N6O/c1-8(9-3-2-6-18-9)13-14-10-4-5-11-15-12-7-17(11)16-10/h2-7H,1H3,(H,14,16)/p+1/b13-8+. The Labute approximate surface area is 102 Å². The molecule has 0 aliphatic rings. The molecule has 0 atom stereocenters. The summed E-state index contributed by atoms with van der Waals surface area (Å²) in [6, 6.07) is 7.31. The summed E-state index contributed by atoms with van der Waals surface area (Å²) in [4.78, 5) is 0. The third kappa shape index (κ3) is 1.93. The van der Waals surface area contributed by atoms with E-state index in [4.69, 9.17) is 4.42 Å². The van der Waals surface area contributed by atoms with Gasteiger partial charge in [-0.2, -0.15) is 5.10 Å². The highest BCUT2D eigenvalue weighted by Gasteiger charge is 2.05. The van der Waals surface area contributed by atoms with Gasteiger partial charge in [-0.15, -0.1) is 9.61 Å². The van der Waals surface area contributed by atoms with Gasteiger partial charge in [-0.25, -0.2) is 0 Å². The van der Waals surface area contributed by atoms with Gasteiger partial charge in [-0.05, 0) is 25.1 Å². The molecule has 18 heavy (non-hydrogen) atoms. The van der Waals surface area contributed by atoms with Crippen molar-refractivity contribution < 1.29 is 8.93 Å². The lowest BCUT2D eigenvalue weighted by Gasteiger charge is -1.98. The van der Waals surface area contributed by atoms with Crippen LogP contribution in [-0.4, -0.2) is 21.0 Å². The number of aromatic amines is 1. The number of fused-ring (bicyclic) bond motifs is 1. The molecular formula is C11H11N6O+. The van der Waals surface area contributed by atoms with Gasteiger partial charge in [0.05, 0.1) is 6.26 Å². The van der Waals surface area contributed by atoms with Crippen molar-refractivity contribution in [3.05, 3.63) is 42.6 Å². The molecule has 7 nitrogen and oxygen atoms in total. The van der Waals surface area contributed by atoms with Crippen LogP contribution in [-0.2, 0) is 0 Å². The van der Waals surface area contributed by atoms with Crippen LogP contribution in [0, 0.1) is 0 Å². The molecule has 0 fully saturated rings. The number of nitrogens with zero attached hydrogens (tertiary/aromatic N) is 4. The first kappa shape index (κ1) is 10.5. The number of H-pyrrole nitrogens is 1. The highest BCUT2D eigenvalue weighted by molar-refractivity contribution is 5.96. The van der Waals surface area contributed by atoms with Crippen LogP contribution in [0.3, 0.4) is 0 Å². The summed E-state index contributed by atoms with van der Waals surface area (Å²) in [6.45, 7) is 1.86. The van der Waals surface area contributed by atoms with Gasteiger partial charge in [-0.3, -0.25) is 5.43 Å². The van der Waals surface area contributed by atoms with Crippen LogP contribution in [0.2, 0.25) is 0 Å². The Morgan fingerprint density at radius 2 is 2.39 bits per heavy atom. The summed E-state index contributed by atoms with van der Waals surface area (Å²) in [5, 5.41) is 15.2. The summed E-state index contributed by atoms with van der Waals surface area (Å²) in [6.07, 6.45) is 3.27. The van der Waals surface area contributed by atoms with Crippen molar-refractivity contribution in [2.75, 3.05) is 5.43 Å². The van der Waals surface area contributed by atoms with Crippen molar-refractivity contribution in [2.24, 2.45) is 5.10 Å². The van der Waals surface area contributed by atoms with E-state index in [1.807, 2.05) is 25.1 Å². The van der Waals surface area contributed by atoms with Crippen LogP contribution in [0.1, 0.15) is 12.7 Å². The number of hydrazone groups is 1. The topological polar surface area (TPSA) is 83.2 Å². The molecule has 3 aromatic rings. The smallest absolute Gasteiger partial charge is 0.325 e. The second-order valence-corrected chi connectivity index (χ2v) is 3.68. The molecule has 0 amide bonds. The van der Waals surface area contributed by atoms with E-state index in [1.54, 1.807) is 23.2 Å². The van der Waals surface area contributed by atoms with E-state index in [2.05, 4.69) is 25.8 Å². The lowest BCUT2D eigenvalue weighted by atomic mass is 10.3. The SMILES string of the molecule is C/C(=N\Nc1ccc2n[nH]c[n+]2n1)c1ccco1. The zero-order valence-corrected chi connectivity index (χ0v) is 9.66. The minimum absolute atomic E-state index is 0.625. The first-order valence-corrected chi connectivity index (χ1v) is 5.39. The van der Waals surface area contributed by atoms with E-state index in [0.29, 0.717) is 5.82 Å². The monoisotopic (exact) mass is 243 g/mol. The Hall–Kier alpha value is -2.70. The van der Waals surface area contributed by atoms with Gasteiger partial charge in [0, 0.05) is 11.2 Å². The number of furan rings is 1. The average molecular weight is 243 g/mol. The fraction of sp³-hybridized carbons (Fsp3) is 0.0909. The van der Waals surface area contributed by atoms with Gasteiger partial charge in [0.2, 0.25) is 6.33 Å². The molecule has 0 radical (unpaired) electrons. The Bertz CT molecular complexity index is 684. The quantitative estimate of drug-likeness (QED) is 0.408. The molecule has 0 unspecified atom stereocenters. The molecule has 0 bridgehead atoms. The number of rotatable bonds is 3. The summed E-state index contributed by atoms with van der Waals surface area (Å²) >= 11 is 0. The molecule has 2 N–H and O–H groups in total. The largest absolute Gasteiger partial charge is 0.463 e. The highest BCUT2D eigenvalue weighted by Crippen LogP contribution is 2.04. The summed E-state index contributed by atoms with van der Waals surface area (Å²) in [5.41, 5.74) is 4.36. The summed E-state index contributed by atoms with van der Waals surface area (Å²) in [7, 11) is 0. The summed E-state index contributed by atoms with van der Waals surface area (Å²) < 4.78 is 6.86. The maximum absolute atomic E-state index is 5.23. The van der Waals surface area contributed by atoms with Crippen molar-refractivity contribution in [3.63, 3.8) is 0 Å². The first-order valence-electron chi connectivity index (χ1n) is 5.39. The van der Waals surface area contributed by atoms with Crippen molar-refractivity contribution >= 4 is 17.2 Å². The first-order chi connectivity index (χ1) is 8.83. The van der Waals surface area contributed by atoms with Gasteiger partial charge >= 0.3 is 5.65 Å². The Kier molecular flexibility index (Phi) is 2.49. The van der Waals surface area contributed by atoms with Crippen molar-refractivity contribution in [1.29, 1.82) is 0 Å². The lowest BCUT2D eigenvalue weighted by molar-refractivity contribution is -0.579. The Morgan fingerprint density at radius 1 is 1.44 bits per heavy atom. The average Bonchev–Trinajstić information content (AvgIpc) is 3.05. The minimum Gasteiger partial charge on any atom is -0.463 e. The highest BCUT2D eigenvalue weighted by atomic mass is 16.3. The van der Waals surface area contributed by atoms with E-state index in [9.17, 15) is 0 Å². The van der Waals surface area contributed by atoms with E-state index >= 15 is 0 Å². The molecule has 3 aromatic heterocycles. The Morgan fingerprint density at radius 3 is 3.22 bits per heavy atom. The van der Waals surface area contributed by atoms with Gasteiger partial charge < -0.3 is 4.42 Å². The molecule has 0 aromatic carbocycles. The molecule has 0 aliphatic heterocycles. The summed E-state index contributed by atoms with van der Waals surface area (Å²) in [5.74, 6) is 1.35. The molecular weight excluding hydrogens is 232 g/mol. The number of aromatic nitrogens is 4. The molecule has 0 saturated carbocycles. The van der Waals surface area contributed by atoms with Crippen LogP contribution in [0.15, 0.2) is 46.4 Å². The number of nitrogens with one attached hydrogen (secondary N) is 2. The second kappa shape index (κ2) is 4.28. The second-order valence-electron chi connectivity index (χ2n) is 3.68. The number of hydrogen-bond donors (Lipinski definition) is 2. The molecule has 3 rings (SSSR count). The van der Waals surface area contributed by atoms with Crippen LogP contribution >= 0.6 is 0 Å². The van der Waals surface area contributed by atoms with Crippen LogP contribution in [0.25, 0.3) is 5.65 Å². The molecule has 3 heterocycles. The van der Waals surface area contributed by atoms with E-state index in [-0.39, 0.29) is 0 Å². The van der Waals surface area contributed by atoms with Gasteiger partial charge in [0.1, 0.15) is 11.5 Å². The van der Waals surface area contributed by atoms with E-state index in [0.717, 1.165) is 17.1 Å². The number of anilines is 1. The normalized spacial score (nSPS) is 11.9. The predicted octanol–water partition coefficient (Wildman–Crippen LogP) is 0.972. The van der Waals surface area contributed by atoms with Gasteiger partial charge in [0.15, 0.2) is 5.82 Å². The minimum atomic E-state index is 0.625. The zero-order valence-electron chi connectivity index (χ0n) is 9.66. The lowest BCUT2D eigenvalue weighted by Crippen LogP contribution is -2.24. The maximum Gasteiger partial charge on any atom is 0.325 e. The molecule has 7 heteroatoms. The molecule has 0 spiro atoms. The van der Waals surface area contributed by atoms with Crippen LogP contribution < -0.4 is 9.94 Å². The molecule has 0 saturated heterocycles. The number of hydrogen-bond acceptors (Lipinski definition) is 5.